The predicted octanol–water partition coefficient (Wildman–Crippen LogP) is 4.12. The number of unbranched alkanes of at least 4 members (excludes halogenated alkanes) is 2. The largest absolute Gasteiger partial charge is 0.497 e. The summed E-state index contributed by atoms with van der Waals surface area (Å²) >= 11 is 0. The second-order valence-electron chi connectivity index (χ2n) is 12.3. The lowest BCUT2D eigenvalue weighted by Crippen LogP contribution is -2.56. The molecule has 46 heavy (non-hydrogen) atoms. The lowest BCUT2D eigenvalue weighted by Gasteiger charge is -2.38. The number of carbonyl (C=O) groups excluding carboxylic acids is 3. The van der Waals surface area contributed by atoms with Gasteiger partial charge in [-0.25, -0.2) is 0 Å². The Balaban J connectivity index is 1.42. The van der Waals surface area contributed by atoms with Crippen molar-refractivity contribution in [3.63, 3.8) is 0 Å². The van der Waals surface area contributed by atoms with Crippen LogP contribution in [0.3, 0.4) is 0 Å². The average molecular weight is 630 g/mol. The highest BCUT2D eigenvalue weighted by atomic mass is 16.5. The maximum Gasteiger partial charge on any atom is 0.253 e. The summed E-state index contributed by atoms with van der Waals surface area (Å²) in [4.78, 5) is 49.1. The number of benzene rings is 2. The first kappa shape index (κ1) is 31.8. The lowest BCUT2D eigenvalue weighted by molar-refractivity contribution is -0.145. The van der Waals surface area contributed by atoms with Crippen LogP contribution in [0.25, 0.3) is 0 Å². The van der Waals surface area contributed by atoms with Crippen LogP contribution in [-0.4, -0.2) is 84.9 Å². The van der Waals surface area contributed by atoms with E-state index in [0.717, 1.165) is 0 Å². The molecule has 0 saturated carbocycles. The van der Waals surface area contributed by atoms with E-state index >= 15 is 0 Å². The van der Waals surface area contributed by atoms with Gasteiger partial charge in [0.15, 0.2) is 0 Å². The van der Waals surface area contributed by atoms with Gasteiger partial charge in [0.05, 0.1) is 31.2 Å². The van der Waals surface area contributed by atoms with Crippen molar-refractivity contribution in [2.24, 2.45) is 11.8 Å². The molecule has 0 radical (unpaired) electrons. The fraction of sp³-hybridized carbons (Fsp3) is 0.472. The van der Waals surface area contributed by atoms with Gasteiger partial charge in [-0.05, 0) is 81.1 Å². The Kier molecular flexibility index (Phi) is 8.94. The molecule has 2 fully saturated rings. The Morgan fingerprint density at radius 2 is 1.43 bits per heavy atom. The third-order valence-electron chi connectivity index (χ3n) is 9.84. The highest BCUT2D eigenvalue weighted by molar-refractivity contribution is 6.07. The van der Waals surface area contributed by atoms with Gasteiger partial charge in [0.2, 0.25) is 11.8 Å². The van der Waals surface area contributed by atoms with Gasteiger partial charge < -0.3 is 34.0 Å². The minimum Gasteiger partial charge on any atom is -0.497 e. The number of hydrogen-bond donors (Lipinski definition) is 1. The molecule has 0 aliphatic carbocycles. The molecule has 10 nitrogen and oxygen atoms in total. The van der Waals surface area contributed by atoms with Gasteiger partial charge in [0, 0.05) is 37.6 Å². The Hall–Kier alpha value is -4.15. The first-order valence-corrected chi connectivity index (χ1v) is 16.3. The van der Waals surface area contributed by atoms with Gasteiger partial charge in [0.1, 0.15) is 23.1 Å². The number of ether oxygens (including phenoxy) is 3. The quantitative estimate of drug-likeness (QED) is 0.294. The second-order valence-corrected chi connectivity index (χ2v) is 12.3. The topological polar surface area (TPSA) is 109 Å². The van der Waals surface area contributed by atoms with E-state index in [1.54, 1.807) is 33.9 Å². The van der Waals surface area contributed by atoms with Crippen molar-refractivity contribution in [2.75, 3.05) is 49.8 Å². The Bertz CT molecular complexity index is 1510. The smallest absolute Gasteiger partial charge is 0.253 e. The minimum absolute atomic E-state index is 0.0588. The fourth-order valence-corrected chi connectivity index (χ4v) is 7.69. The number of nitrogens with zero attached hydrogens (tertiary/aromatic N) is 3. The van der Waals surface area contributed by atoms with Gasteiger partial charge in [-0.2, -0.15) is 0 Å². The Morgan fingerprint density at radius 1 is 0.804 bits per heavy atom. The van der Waals surface area contributed by atoms with Gasteiger partial charge in [-0.1, -0.05) is 31.2 Å². The third kappa shape index (κ3) is 5.17. The molecular formula is C36H43N3O7. The zero-order chi connectivity index (χ0) is 32.5. The standard InChI is InChI=1S/C36H43N3O7/c1-4-35-19-9-22-37(25-13-17-28(18-14-25)45-5-2)32(41)29(35)30-33(42)39(21-7-6-8-24-40)31-34(43)38(23-10-20-36(30,31)46-35)26-11-15-27(44-3)16-12-26/h9-20,29-31,40H,4-8,21-24H2,1-3H3/t29-,30+,31?,35+,36+/m1/s1. The molecule has 0 aromatic heterocycles. The van der Waals surface area contributed by atoms with Crippen LogP contribution >= 0.6 is 0 Å². The molecule has 1 spiro atoms. The molecule has 4 aliphatic heterocycles. The van der Waals surface area contributed by atoms with E-state index in [2.05, 4.69) is 0 Å². The van der Waals surface area contributed by atoms with E-state index in [1.807, 2.05) is 74.5 Å². The van der Waals surface area contributed by atoms with Gasteiger partial charge in [-0.3, -0.25) is 14.4 Å². The molecule has 244 valence electrons. The molecule has 5 atom stereocenters. The Morgan fingerprint density at radius 3 is 2.04 bits per heavy atom. The monoisotopic (exact) mass is 629 g/mol. The van der Waals surface area contributed by atoms with Crippen LogP contribution in [0.5, 0.6) is 11.5 Å². The number of amides is 3. The van der Waals surface area contributed by atoms with Crippen LogP contribution in [0, 0.1) is 11.8 Å². The van der Waals surface area contributed by atoms with E-state index in [1.165, 1.54) is 0 Å². The molecule has 1 unspecified atom stereocenters. The number of anilines is 2. The number of carbonyl (C=O) groups is 3. The van der Waals surface area contributed by atoms with Crippen LogP contribution < -0.4 is 19.3 Å². The molecule has 4 heterocycles. The molecule has 1 N–H and O–H groups in total. The highest BCUT2D eigenvalue weighted by Crippen LogP contribution is 2.59. The third-order valence-corrected chi connectivity index (χ3v) is 9.84. The molecule has 0 bridgehead atoms. The molecule has 3 amide bonds. The normalized spacial score (nSPS) is 28.6. The van der Waals surface area contributed by atoms with E-state index in [0.29, 0.717) is 68.3 Å². The zero-order valence-electron chi connectivity index (χ0n) is 26.8. The molecule has 6 rings (SSSR count). The fourth-order valence-electron chi connectivity index (χ4n) is 7.69. The first-order valence-electron chi connectivity index (χ1n) is 16.3. The summed E-state index contributed by atoms with van der Waals surface area (Å²) in [6, 6.07) is 13.7. The molecule has 2 aromatic carbocycles. The van der Waals surface area contributed by atoms with Crippen molar-refractivity contribution in [3.05, 3.63) is 72.8 Å². The van der Waals surface area contributed by atoms with Crippen molar-refractivity contribution in [3.8, 4) is 11.5 Å². The summed E-state index contributed by atoms with van der Waals surface area (Å²) in [5, 5.41) is 9.37. The number of likely N-dealkylation sites (tertiary alicyclic amines) is 1. The van der Waals surface area contributed by atoms with Crippen LogP contribution in [0.2, 0.25) is 0 Å². The van der Waals surface area contributed by atoms with Gasteiger partial charge >= 0.3 is 0 Å². The minimum atomic E-state index is -1.34. The summed E-state index contributed by atoms with van der Waals surface area (Å²) in [5.41, 5.74) is -1.03. The SMILES string of the molecule is CCOc1ccc(N2CC=C[C@]3(CC)O[C@]45C=CCN(c6ccc(OC)cc6)C(=O)C4N(CCCCCO)C(=O)[C@@H]5[C@@H]3C2=O)cc1. The number of hydrogen-bond acceptors (Lipinski definition) is 7. The summed E-state index contributed by atoms with van der Waals surface area (Å²) in [6.45, 7) is 5.42. The van der Waals surface area contributed by atoms with E-state index in [9.17, 15) is 19.5 Å². The average Bonchev–Trinajstić information content (AvgIpc) is 3.36. The number of rotatable bonds is 11. The Labute approximate surface area is 270 Å². The first-order chi connectivity index (χ1) is 22.3. The van der Waals surface area contributed by atoms with Gasteiger partial charge in [-0.15, -0.1) is 0 Å². The van der Waals surface area contributed by atoms with Crippen LogP contribution in [0.4, 0.5) is 11.4 Å². The van der Waals surface area contributed by atoms with E-state index < -0.39 is 29.1 Å². The van der Waals surface area contributed by atoms with Crippen LogP contribution in [0.15, 0.2) is 72.8 Å². The predicted molar refractivity (Wildman–Crippen MR) is 174 cm³/mol. The number of fused-ring (bicyclic) bond motifs is 2. The molecule has 10 heteroatoms. The van der Waals surface area contributed by atoms with Gasteiger partial charge in [0.25, 0.3) is 5.91 Å². The molecule has 2 saturated heterocycles. The maximum atomic E-state index is 14.7. The molecular weight excluding hydrogens is 586 g/mol. The molecule has 4 aliphatic rings. The lowest BCUT2D eigenvalue weighted by atomic mass is 9.73. The van der Waals surface area contributed by atoms with Crippen LogP contribution in [-0.2, 0) is 19.1 Å². The number of methoxy groups -OCH3 is 1. The van der Waals surface area contributed by atoms with Crippen molar-refractivity contribution < 1.29 is 33.7 Å². The molecule has 2 aromatic rings. The van der Waals surface area contributed by atoms with Crippen molar-refractivity contribution in [2.45, 2.75) is 56.8 Å². The summed E-state index contributed by atoms with van der Waals surface area (Å²) in [5.74, 6) is -1.06. The van der Waals surface area contributed by atoms with Crippen molar-refractivity contribution in [1.29, 1.82) is 0 Å². The zero-order valence-corrected chi connectivity index (χ0v) is 26.8. The summed E-state index contributed by atoms with van der Waals surface area (Å²) in [7, 11) is 1.59. The number of aliphatic hydroxyl groups is 1. The van der Waals surface area contributed by atoms with E-state index in [-0.39, 0.29) is 30.9 Å². The van der Waals surface area contributed by atoms with E-state index in [4.69, 9.17) is 14.2 Å². The second kappa shape index (κ2) is 12.9. The summed E-state index contributed by atoms with van der Waals surface area (Å²) in [6.07, 6.45) is 10.0. The maximum absolute atomic E-state index is 14.7. The van der Waals surface area contributed by atoms with Crippen molar-refractivity contribution >= 4 is 29.1 Å². The van der Waals surface area contributed by atoms with Crippen LogP contribution in [0.1, 0.15) is 39.5 Å². The number of aliphatic hydroxyl groups excluding tert-OH is 1. The summed E-state index contributed by atoms with van der Waals surface area (Å²) < 4.78 is 18.0. The van der Waals surface area contributed by atoms with Crippen molar-refractivity contribution in [1.82, 2.24) is 4.90 Å². The highest BCUT2D eigenvalue weighted by Gasteiger charge is 2.75.